The maximum atomic E-state index is 13.4. The lowest BCUT2D eigenvalue weighted by atomic mass is 9.87. The molecule has 6 nitrogen and oxygen atoms in total. The lowest BCUT2D eigenvalue weighted by Gasteiger charge is -2.26. The minimum atomic E-state index is -0.466. The average molecular weight is 391 g/mol. The van der Waals surface area contributed by atoms with Gasteiger partial charge in [0.25, 0.3) is 5.56 Å². The zero-order valence-electron chi connectivity index (χ0n) is 16.0. The Kier molecular flexibility index (Phi) is 4.84. The first kappa shape index (κ1) is 18.8. The summed E-state index contributed by atoms with van der Waals surface area (Å²) in [5.41, 5.74) is 2.65. The Hall–Kier alpha value is -3.54. The van der Waals surface area contributed by atoms with Gasteiger partial charge in [0.15, 0.2) is 0 Å². The molecule has 4 rings (SSSR count). The Morgan fingerprint density at radius 1 is 1.03 bits per heavy atom. The van der Waals surface area contributed by atoms with E-state index in [4.69, 9.17) is 4.74 Å². The van der Waals surface area contributed by atoms with E-state index in [-0.39, 0.29) is 29.2 Å². The molecule has 0 saturated carbocycles. The highest BCUT2D eigenvalue weighted by Crippen LogP contribution is 2.37. The maximum absolute atomic E-state index is 13.4. The van der Waals surface area contributed by atoms with E-state index in [1.54, 1.807) is 47.0 Å². The van der Waals surface area contributed by atoms with Gasteiger partial charge in [0, 0.05) is 24.2 Å². The van der Waals surface area contributed by atoms with E-state index in [0.29, 0.717) is 29.8 Å². The Bertz CT molecular complexity index is 1130. The molecule has 0 fully saturated rings. The van der Waals surface area contributed by atoms with Crippen LogP contribution < -0.4 is 10.3 Å². The summed E-state index contributed by atoms with van der Waals surface area (Å²) in [6.07, 6.45) is 0.670. The van der Waals surface area contributed by atoms with Gasteiger partial charge in [-0.3, -0.25) is 9.59 Å². The van der Waals surface area contributed by atoms with Crippen LogP contribution in [0.4, 0.5) is 0 Å². The summed E-state index contributed by atoms with van der Waals surface area (Å²) in [5, 5.41) is 19.3. The molecule has 1 aliphatic heterocycles. The van der Waals surface area contributed by atoms with Gasteiger partial charge in [-0.15, -0.1) is 0 Å². The number of aryl methyl sites for hydroxylation is 2. The molecule has 0 radical (unpaired) electrons. The molecule has 148 valence electrons. The topological polar surface area (TPSA) is 88.8 Å². The summed E-state index contributed by atoms with van der Waals surface area (Å²) in [7, 11) is 0. The van der Waals surface area contributed by atoms with Gasteiger partial charge in [0.05, 0.1) is 12.0 Å². The fourth-order valence-electron chi connectivity index (χ4n) is 3.80. The van der Waals surface area contributed by atoms with Crippen molar-refractivity contribution < 1.29 is 19.7 Å². The molecule has 3 aromatic rings. The number of fused-ring (bicyclic) bond motifs is 1. The van der Waals surface area contributed by atoms with E-state index in [9.17, 15) is 19.8 Å². The number of pyridine rings is 1. The Labute approximate surface area is 167 Å². The molecule has 2 aromatic carbocycles. The van der Waals surface area contributed by atoms with Crippen molar-refractivity contribution in [3.8, 4) is 17.2 Å². The molecular formula is C23H21NO5. The van der Waals surface area contributed by atoms with Crippen LogP contribution in [0, 0.1) is 6.92 Å². The third-order valence-electron chi connectivity index (χ3n) is 5.28. The average Bonchev–Trinajstić information content (AvgIpc) is 2.68. The number of benzene rings is 2. The number of rotatable bonds is 4. The number of aromatic hydroxyl groups is 2. The van der Waals surface area contributed by atoms with Crippen LogP contribution in [0.2, 0.25) is 0 Å². The summed E-state index contributed by atoms with van der Waals surface area (Å²) >= 11 is 0. The summed E-state index contributed by atoms with van der Waals surface area (Å²) in [5.74, 6) is -0.287. The van der Waals surface area contributed by atoms with Gasteiger partial charge >= 0.3 is 5.97 Å². The number of hydrogen-bond donors (Lipinski definition) is 2. The number of phenolic OH excluding ortho intramolecular Hbond substituents is 2. The molecular weight excluding hydrogens is 370 g/mol. The molecule has 29 heavy (non-hydrogen) atoms. The van der Waals surface area contributed by atoms with Crippen LogP contribution in [-0.4, -0.2) is 20.7 Å². The number of phenols is 2. The summed E-state index contributed by atoms with van der Waals surface area (Å²) < 4.78 is 7.05. The van der Waals surface area contributed by atoms with Gasteiger partial charge in [-0.25, -0.2) is 0 Å². The van der Waals surface area contributed by atoms with Gasteiger partial charge in [0.2, 0.25) is 0 Å². The highest BCUT2D eigenvalue weighted by atomic mass is 16.5. The first-order valence-electron chi connectivity index (χ1n) is 9.44. The van der Waals surface area contributed by atoms with Crippen LogP contribution in [0.5, 0.6) is 17.2 Å². The quantitative estimate of drug-likeness (QED) is 0.667. The molecule has 0 saturated heterocycles. The van der Waals surface area contributed by atoms with Gasteiger partial charge in [0.1, 0.15) is 17.2 Å². The number of carbonyl (C=O) groups is 1. The lowest BCUT2D eigenvalue weighted by molar-refractivity contribution is -0.135. The number of carbonyl (C=O) groups excluding carboxylic acids is 1. The smallest absolute Gasteiger partial charge is 0.312 e. The Morgan fingerprint density at radius 3 is 2.52 bits per heavy atom. The lowest BCUT2D eigenvalue weighted by Crippen LogP contribution is -2.33. The van der Waals surface area contributed by atoms with Crippen LogP contribution in [0.1, 0.15) is 34.7 Å². The third-order valence-corrected chi connectivity index (χ3v) is 5.28. The normalized spacial score (nSPS) is 15.6. The summed E-state index contributed by atoms with van der Waals surface area (Å²) in [4.78, 5) is 25.5. The van der Waals surface area contributed by atoms with Crippen molar-refractivity contribution in [1.82, 2.24) is 4.57 Å². The second kappa shape index (κ2) is 7.47. The van der Waals surface area contributed by atoms with Crippen molar-refractivity contribution in [1.29, 1.82) is 0 Å². The van der Waals surface area contributed by atoms with Crippen LogP contribution in [0.25, 0.3) is 0 Å². The van der Waals surface area contributed by atoms with Crippen molar-refractivity contribution in [3.05, 3.63) is 87.3 Å². The van der Waals surface area contributed by atoms with Gasteiger partial charge in [-0.2, -0.15) is 0 Å². The highest BCUT2D eigenvalue weighted by Gasteiger charge is 2.32. The zero-order valence-corrected chi connectivity index (χ0v) is 16.0. The third kappa shape index (κ3) is 3.74. The van der Waals surface area contributed by atoms with Crippen molar-refractivity contribution in [2.75, 3.05) is 0 Å². The summed E-state index contributed by atoms with van der Waals surface area (Å²) in [6.45, 7) is 2.27. The predicted octanol–water partition coefficient (Wildman–Crippen LogP) is 3.25. The van der Waals surface area contributed by atoms with Crippen molar-refractivity contribution in [2.24, 2.45) is 0 Å². The predicted molar refractivity (Wildman–Crippen MR) is 107 cm³/mol. The first-order valence-corrected chi connectivity index (χ1v) is 9.44. The highest BCUT2D eigenvalue weighted by molar-refractivity contribution is 5.77. The molecule has 2 N–H and O–H groups in total. The molecule has 1 atom stereocenters. The molecule has 1 aliphatic rings. The van der Waals surface area contributed by atoms with Crippen LogP contribution in [-0.2, 0) is 17.8 Å². The molecule has 0 aliphatic carbocycles. The van der Waals surface area contributed by atoms with E-state index in [2.05, 4.69) is 0 Å². The second-order valence-electron chi connectivity index (χ2n) is 7.26. The number of nitrogens with zero attached hydrogens (tertiary/aromatic N) is 1. The molecule has 2 heterocycles. The Morgan fingerprint density at radius 2 is 1.79 bits per heavy atom. The number of hydrogen-bond acceptors (Lipinski definition) is 5. The largest absolute Gasteiger partial charge is 0.508 e. The molecule has 0 bridgehead atoms. The fourth-order valence-corrected chi connectivity index (χ4v) is 3.80. The van der Waals surface area contributed by atoms with Crippen LogP contribution >= 0.6 is 0 Å². The van der Waals surface area contributed by atoms with Gasteiger partial charge in [-0.1, -0.05) is 24.3 Å². The number of aromatic nitrogens is 1. The van der Waals surface area contributed by atoms with E-state index in [0.717, 1.165) is 5.56 Å². The van der Waals surface area contributed by atoms with E-state index in [1.165, 1.54) is 0 Å². The molecule has 1 unspecified atom stereocenters. The van der Waals surface area contributed by atoms with E-state index < -0.39 is 11.9 Å². The minimum absolute atomic E-state index is 0.0483. The van der Waals surface area contributed by atoms with Gasteiger partial charge in [-0.05, 0) is 48.7 Å². The molecule has 0 amide bonds. The first-order chi connectivity index (χ1) is 13.9. The maximum Gasteiger partial charge on any atom is 0.312 e. The molecule has 0 spiro atoms. The molecule has 6 heteroatoms. The Balaban J connectivity index is 1.74. The zero-order chi connectivity index (χ0) is 20.5. The SMILES string of the molecule is Cc1cc2c(c(=O)n1CCc1ccc(O)cc1)C(c1cccc(O)c1)CC(=O)O2. The van der Waals surface area contributed by atoms with Crippen LogP contribution in [0.15, 0.2) is 59.4 Å². The fraction of sp³-hybridized carbons (Fsp3) is 0.217. The summed E-state index contributed by atoms with van der Waals surface area (Å²) in [6, 6.07) is 15.2. The minimum Gasteiger partial charge on any atom is -0.508 e. The second-order valence-corrected chi connectivity index (χ2v) is 7.26. The standard InChI is InChI=1S/C23H21NO5/c1-14-11-20-22(19(13-21(27)29-20)16-3-2-4-18(26)12-16)23(28)24(14)10-9-15-5-7-17(25)8-6-15/h2-8,11-12,19,25-26H,9-10,13H2,1H3. The van der Waals surface area contributed by atoms with Crippen molar-refractivity contribution >= 4 is 5.97 Å². The van der Waals surface area contributed by atoms with Gasteiger partial charge < -0.3 is 19.5 Å². The van der Waals surface area contributed by atoms with E-state index >= 15 is 0 Å². The van der Waals surface area contributed by atoms with Crippen molar-refractivity contribution in [2.45, 2.75) is 32.2 Å². The van der Waals surface area contributed by atoms with E-state index in [1.807, 2.05) is 19.1 Å². The van der Waals surface area contributed by atoms with Crippen LogP contribution in [0.3, 0.4) is 0 Å². The number of ether oxygens (including phenoxy) is 1. The number of esters is 1. The van der Waals surface area contributed by atoms with Crippen molar-refractivity contribution in [3.63, 3.8) is 0 Å². The monoisotopic (exact) mass is 391 g/mol. The molecule has 1 aromatic heterocycles.